The number of imide groups is 1. The minimum absolute atomic E-state index is 0.0864. The highest BCUT2D eigenvalue weighted by atomic mass is 16.4. The SMILES string of the molecule is CC1CC(=O)N(CCOB(C2=CCCC=C2)c2ccccc2)C1=O. The Morgan fingerprint density at radius 3 is 2.62 bits per heavy atom. The van der Waals surface area contributed by atoms with Gasteiger partial charge in [-0.25, -0.2) is 0 Å². The maximum Gasteiger partial charge on any atom is 0.361 e. The van der Waals surface area contributed by atoms with E-state index in [1.54, 1.807) is 6.92 Å². The highest BCUT2D eigenvalue weighted by Gasteiger charge is 2.35. The van der Waals surface area contributed by atoms with Gasteiger partial charge >= 0.3 is 6.92 Å². The van der Waals surface area contributed by atoms with E-state index in [9.17, 15) is 9.59 Å². The molecule has 1 unspecified atom stereocenters. The second-order valence-corrected chi connectivity index (χ2v) is 6.33. The quantitative estimate of drug-likeness (QED) is 0.595. The van der Waals surface area contributed by atoms with Crippen molar-refractivity contribution in [2.75, 3.05) is 13.2 Å². The first-order chi connectivity index (χ1) is 11.7. The Morgan fingerprint density at radius 2 is 2.00 bits per heavy atom. The van der Waals surface area contributed by atoms with E-state index in [0.717, 1.165) is 23.8 Å². The third kappa shape index (κ3) is 3.67. The molecular weight excluding hydrogens is 301 g/mol. The summed E-state index contributed by atoms with van der Waals surface area (Å²) in [6, 6.07) is 10.1. The second kappa shape index (κ2) is 7.62. The Labute approximate surface area is 143 Å². The van der Waals surface area contributed by atoms with Gasteiger partial charge in [-0.05, 0) is 23.8 Å². The molecule has 1 aromatic carbocycles. The molecule has 1 heterocycles. The molecule has 5 heteroatoms. The molecule has 0 N–H and O–H groups in total. The topological polar surface area (TPSA) is 46.6 Å². The van der Waals surface area contributed by atoms with Gasteiger partial charge in [0.15, 0.2) is 0 Å². The van der Waals surface area contributed by atoms with Crippen LogP contribution >= 0.6 is 0 Å². The van der Waals surface area contributed by atoms with E-state index in [1.165, 1.54) is 4.90 Å². The standard InChI is InChI=1S/C19H22BNO3/c1-15-14-18(22)21(19(15)23)12-13-24-20(16-8-4-2-5-9-16)17-10-6-3-7-11-17/h2,4-6,8-11,15H,3,7,12-14H2,1H3. The van der Waals surface area contributed by atoms with Crippen molar-refractivity contribution in [1.29, 1.82) is 0 Å². The maximum absolute atomic E-state index is 12.0. The summed E-state index contributed by atoms with van der Waals surface area (Å²) in [5.41, 5.74) is 2.22. The fraction of sp³-hybridized carbons (Fsp3) is 0.368. The van der Waals surface area contributed by atoms with Crippen LogP contribution in [0.4, 0.5) is 0 Å². The van der Waals surface area contributed by atoms with Gasteiger partial charge in [-0.1, -0.05) is 55.5 Å². The number of carbonyl (C=O) groups is 2. The molecule has 2 aliphatic rings. The Kier molecular flexibility index (Phi) is 5.31. The van der Waals surface area contributed by atoms with Gasteiger partial charge in [0.1, 0.15) is 0 Å². The molecule has 1 atom stereocenters. The van der Waals surface area contributed by atoms with Gasteiger partial charge in [0, 0.05) is 18.9 Å². The van der Waals surface area contributed by atoms with Crippen molar-refractivity contribution in [1.82, 2.24) is 4.90 Å². The zero-order valence-corrected chi connectivity index (χ0v) is 14.0. The lowest BCUT2D eigenvalue weighted by atomic mass is 9.53. The molecule has 0 radical (unpaired) electrons. The molecule has 124 valence electrons. The lowest BCUT2D eigenvalue weighted by molar-refractivity contribution is -0.139. The van der Waals surface area contributed by atoms with Crippen LogP contribution in [0.2, 0.25) is 0 Å². The van der Waals surface area contributed by atoms with E-state index < -0.39 is 0 Å². The summed E-state index contributed by atoms with van der Waals surface area (Å²) in [6.45, 7) is 2.30. The van der Waals surface area contributed by atoms with E-state index in [0.29, 0.717) is 19.6 Å². The van der Waals surface area contributed by atoms with Crippen LogP contribution < -0.4 is 5.46 Å². The molecule has 0 bridgehead atoms. The summed E-state index contributed by atoms with van der Waals surface area (Å²) in [5, 5.41) is 0. The fourth-order valence-electron chi connectivity index (χ4n) is 3.19. The highest BCUT2D eigenvalue weighted by molar-refractivity contribution is 6.75. The van der Waals surface area contributed by atoms with Gasteiger partial charge in [0.2, 0.25) is 11.8 Å². The number of amides is 2. The fourth-order valence-corrected chi connectivity index (χ4v) is 3.19. The molecule has 24 heavy (non-hydrogen) atoms. The van der Waals surface area contributed by atoms with Crippen molar-refractivity contribution in [3.05, 3.63) is 54.0 Å². The lowest BCUT2D eigenvalue weighted by Crippen LogP contribution is -2.40. The third-order valence-corrected chi connectivity index (χ3v) is 4.50. The van der Waals surface area contributed by atoms with Crippen molar-refractivity contribution in [3.63, 3.8) is 0 Å². The number of rotatable bonds is 6. The summed E-state index contributed by atoms with van der Waals surface area (Å²) < 4.78 is 6.10. The first-order valence-corrected chi connectivity index (χ1v) is 8.54. The van der Waals surface area contributed by atoms with Crippen LogP contribution in [-0.2, 0) is 14.2 Å². The van der Waals surface area contributed by atoms with Crippen LogP contribution in [0, 0.1) is 5.92 Å². The van der Waals surface area contributed by atoms with Gasteiger partial charge in [-0.2, -0.15) is 0 Å². The largest absolute Gasteiger partial charge is 0.425 e. The zero-order valence-electron chi connectivity index (χ0n) is 14.0. The Balaban J connectivity index is 1.67. The summed E-state index contributed by atoms with van der Waals surface area (Å²) in [7, 11) is 0. The van der Waals surface area contributed by atoms with Crippen molar-refractivity contribution in [2.45, 2.75) is 26.2 Å². The van der Waals surface area contributed by atoms with E-state index in [1.807, 2.05) is 30.3 Å². The molecule has 1 fully saturated rings. The highest BCUT2D eigenvalue weighted by Crippen LogP contribution is 2.19. The molecule has 4 nitrogen and oxygen atoms in total. The number of hydrogen-bond acceptors (Lipinski definition) is 3. The first-order valence-electron chi connectivity index (χ1n) is 8.54. The number of hydrogen-bond donors (Lipinski definition) is 0. The Bertz CT molecular complexity index is 668. The molecule has 1 saturated heterocycles. The van der Waals surface area contributed by atoms with Gasteiger partial charge < -0.3 is 4.65 Å². The minimum atomic E-state index is -0.202. The van der Waals surface area contributed by atoms with Crippen molar-refractivity contribution in [2.24, 2.45) is 5.92 Å². The minimum Gasteiger partial charge on any atom is -0.425 e. The van der Waals surface area contributed by atoms with Gasteiger partial charge in [-0.3, -0.25) is 14.5 Å². The van der Waals surface area contributed by atoms with Crippen LogP contribution in [0.25, 0.3) is 0 Å². The molecule has 0 spiro atoms. The lowest BCUT2D eigenvalue weighted by Gasteiger charge is -2.20. The monoisotopic (exact) mass is 323 g/mol. The average Bonchev–Trinajstić information content (AvgIpc) is 2.86. The van der Waals surface area contributed by atoms with Gasteiger partial charge in [-0.15, -0.1) is 0 Å². The smallest absolute Gasteiger partial charge is 0.361 e. The summed E-state index contributed by atoms with van der Waals surface area (Å²) in [4.78, 5) is 25.2. The molecule has 0 aromatic heterocycles. The zero-order chi connectivity index (χ0) is 16.9. The van der Waals surface area contributed by atoms with Crippen LogP contribution in [0.1, 0.15) is 26.2 Å². The van der Waals surface area contributed by atoms with E-state index in [4.69, 9.17) is 4.65 Å². The third-order valence-electron chi connectivity index (χ3n) is 4.50. The summed E-state index contributed by atoms with van der Waals surface area (Å²) >= 11 is 0. The van der Waals surface area contributed by atoms with Crippen molar-refractivity contribution in [3.8, 4) is 0 Å². The van der Waals surface area contributed by atoms with Gasteiger partial charge in [0.25, 0.3) is 0 Å². The predicted molar refractivity (Wildman–Crippen MR) is 94.7 cm³/mol. The normalized spacial score (nSPS) is 20.5. The van der Waals surface area contributed by atoms with Crippen LogP contribution in [0.5, 0.6) is 0 Å². The Hall–Kier alpha value is -2.14. The molecule has 1 aliphatic carbocycles. The van der Waals surface area contributed by atoms with E-state index in [-0.39, 0.29) is 24.6 Å². The van der Waals surface area contributed by atoms with E-state index in [2.05, 4.69) is 18.2 Å². The maximum atomic E-state index is 12.0. The first kappa shape index (κ1) is 16.7. The van der Waals surface area contributed by atoms with Crippen LogP contribution in [0.15, 0.2) is 54.0 Å². The summed E-state index contributed by atoms with van der Waals surface area (Å²) in [5.74, 6) is -0.382. The molecule has 3 rings (SSSR count). The average molecular weight is 323 g/mol. The Morgan fingerprint density at radius 1 is 1.21 bits per heavy atom. The number of likely N-dealkylation sites (tertiary alicyclic amines) is 1. The number of allylic oxidation sites excluding steroid dienone is 4. The van der Waals surface area contributed by atoms with E-state index >= 15 is 0 Å². The molecule has 1 aromatic rings. The summed E-state index contributed by atoms with van der Waals surface area (Å²) in [6.07, 6.45) is 8.85. The number of benzene rings is 1. The molecule has 2 amide bonds. The molecular formula is C19H22BNO3. The molecule has 0 saturated carbocycles. The van der Waals surface area contributed by atoms with Crippen molar-refractivity contribution < 1.29 is 14.2 Å². The van der Waals surface area contributed by atoms with Crippen LogP contribution in [0.3, 0.4) is 0 Å². The number of nitrogens with zero attached hydrogens (tertiary/aromatic N) is 1. The predicted octanol–water partition coefficient (Wildman–Crippen LogP) is 2.11. The van der Waals surface area contributed by atoms with Crippen molar-refractivity contribution >= 4 is 24.2 Å². The number of carbonyl (C=O) groups excluding carboxylic acids is 2. The van der Waals surface area contributed by atoms with Gasteiger partial charge in [0.05, 0.1) is 6.54 Å². The second-order valence-electron chi connectivity index (χ2n) is 6.33. The molecule has 1 aliphatic heterocycles. The van der Waals surface area contributed by atoms with Crippen LogP contribution in [-0.4, -0.2) is 36.8 Å².